The van der Waals surface area contributed by atoms with Crippen LogP contribution in [-0.4, -0.2) is 31.7 Å². The Hall–Kier alpha value is -0.880. The summed E-state index contributed by atoms with van der Waals surface area (Å²) in [6.07, 6.45) is 0.360. The van der Waals surface area contributed by atoms with Crippen molar-refractivity contribution in [3.05, 3.63) is 34.6 Å². The Kier molecular flexibility index (Phi) is 7.39. The predicted octanol–water partition coefficient (Wildman–Crippen LogP) is 2.46. The van der Waals surface area contributed by atoms with E-state index in [2.05, 4.69) is 10.6 Å². The highest BCUT2D eigenvalue weighted by Crippen LogP contribution is 2.20. The molecular weight excluding hydrogens is 318 g/mol. The molecule has 21 heavy (non-hydrogen) atoms. The summed E-state index contributed by atoms with van der Waals surface area (Å²) < 4.78 is 18.4. The van der Waals surface area contributed by atoms with Crippen molar-refractivity contribution in [3.8, 4) is 0 Å². The molecule has 0 aliphatic carbocycles. The van der Waals surface area contributed by atoms with Gasteiger partial charge in [0, 0.05) is 19.0 Å². The number of rotatable bonds is 4. The van der Waals surface area contributed by atoms with Crippen LogP contribution < -0.4 is 10.6 Å². The zero-order valence-electron chi connectivity index (χ0n) is 11.7. The third kappa shape index (κ3) is 5.43. The summed E-state index contributed by atoms with van der Waals surface area (Å²) in [7, 11) is 0. The Bertz CT molecular complexity index is 482. The number of hydrogen-bond donors (Lipinski definition) is 2. The molecule has 1 saturated heterocycles. The Balaban J connectivity index is 0.00000220. The van der Waals surface area contributed by atoms with Gasteiger partial charge in [0.25, 0.3) is 0 Å². The number of halogens is 3. The molecule has 118 valence electrons. The molecule has 1 aliphatic heterocycles. The molecule has 1 amide bonds. The summed E-state index contributed by atoms with van der Waals surface area (Å²) in [5.41, 5.74) is 0.776. The fourth-order valence-electron chi connectivity index (χ4n) is 2.14. The Morgan fingerprint density at radius 1 is 1.62 bits per heavy atom. The lowest BCUT2D eigenvalue weighted by atomic mass is 10.1. The zero-order chi connectivity index (χ0) is 14.5. The Labute approximate surface area is 134 Å². The van der Waals surface area contributed by atoms with Crippen molar-refractivity contribution in [1.29, 1.82) is 0 Å². The monoisotopic (exact) mass is 336 g/mol. The molecule has 1 aliphatic rings. The van der Waals surface area contributed by atoms with Gasteiger partial charge >= 0.3 is 0 Å². The van der Waals surface area contributed by atoms with E-state index in [0.29, 0.717) is 19.6 Å². The SMILES string of the molecule is CC(NC(=O)CC1COCCN1)c1ccc(F)c(Cl)c1.Cl. The van der Waals surface area contributed by atoms with Gasteiger partial charge in [-0.1, -0.05) is 17.7 Å². The first kappa shape index (κ1) is 18.2. The highest BCUT2D eigenvalue weighted by atomic mass is 35.5. The number of hydrogen-bond acceptors (Lipinski definition) is 3. The topological polar surface area (TPSA) is 50.4 Å². The van der Waals surface area contributed by atoms with Crippen LogP contribution in [0.4, 0.5) is 4.39 Å². The van der Waals surface area contributed by atoms with Crippen LogP contribution in [0.2, 0.25) is 5.02 Å². The Morgan fingerprint density at radius 2 is 2.38 bits per heavy atom. The molecule has 7 heteroatoms. The molecule has 1 aromatic carbocycles. The van der Waals surface area contributed by atoms with E-state index in [9.17, 15) is 9.18 Å². The summed E-state index contributed by atoms with van der Waals surface area (Å²) in [6.45, 7) is 3.83. The number of amides is 1. The van der Waals surface area contributed by atoms with Crippen molar-refractivity contribution in [2.75, 3.05) is 19.8 Å². The van der Waals surface area contributed by atoms with Gasteiger partial charge in [0.1, 0.15) is 5.82 Å². The summed E-state index contributed by atoms with van der Waals surface area (Å²) in [6, 6.07) is 4.28. The van der Waals surface area contributed by atoms with Crippen LogP contribution in [-0.2, 0) is 9.53 Å². The predicted molar refractivity (Wildman–Crippen MR) is 82.4 cm³/mol. The minimum atomic E-state index is -0.461. The maximum atomic E-state index is 13.1. The molecule has 2 atom stereocenters. The van der Waals surface area contributed by atoms with Crippen molar-refractivity contribution in [2.45, 2.75) is 25.4 Å². The van der Waals surface area contributed by atoms with Crippen LogP contribution in [0.1, 0.15) is 24.9 Å². The first-order chi connectivity index (χ1) is 9.56. The first-order valence-corrected chi connectivity index (χ1v) is 6.99. The minimum Gasteiger partial charge on any atom is -0.378 e. The van der Waals surface area contributed by atoms with Gasteiger partial charge in [0.2, 0.25) is 5.91 Å². The molecule has 0 saturated carbocycles. The van der Waals surface area contributed by atoms with Gasteiger partial charge in [-0.3, -0.25) is 4.79 Å². The first-order valence-electron chi connectivity index (χ1n) is 6.61. The van der Waals surface area contributed by atoms with E-state index in [4.69, 9.17) is 16.3 Å². The van der Waals surface area contributed by atoms with E-state index in [1.165, 1.54) is 12.1 Å². The van der Waals surface area contributed by atoms with E-state index in [-0.39, 0.29) is 35.4 Å². The van der Waals surface area contributed by atoms with Gasteiger partial charge in [-0.15, -0.1) is 12.4 Å². The van der Waals surface area contributed by atoms with Crippen molar-refractivity contribution in [3.63, 3.8) is 0 Å². The standard InChI is InChI=1S/C14H18ClFN2O2.ClH/c1-9(10-2-3-13(16)12(15)6-10)18-14(19)7-11-8-20-5-4-17-11;/h2-3,6,9,11,17H,4-5,7-8H2,1H3,(H,18,19);1H. The molecule has 0 radical (unpaired) electrons. The second-order valence-corrected chi connectivity index (χ2v) is 5.30. The molecule has 0 spiro atoms. The lowest BCUT2D eigenvalue weighted by molar-refractivity contribution is -0.122. The van der Waals surface area contributed by atoms with Crippen molar-refractivity contribution in [2.24, 2.45) is 0 Å². The number of morpholine rings is 1. The molecule has 1 aromatic rings. The minimum absolute atomic E-state index is 0. The van der Waals surface area contributed by atoms with Gasteiger partial charge in [-0.05, 0) is 24.6 Å². The molecule has 2 unspecified atom stereocenters. The molecule has 1 fully saturated rings. The van der Waals surface area contributed by atoms with E-state index >= 15 is 0 Å². The van der Waals surface area contributed by atoms with E-state index < -0.39 is 5.82 Å². The zero-order valence-corrected chi connectivity index (χ0v) is 13.3. The lowest BCUT2D eigenvalue weighted by Gasteiger charge is -2.24. The summed E-state index contributed by atoms with van der Waals surface area (Å²) in [4.78, 5) is 11.9. The van der Waals surface area contributed by atoms with Crippen LogP contribution >= 0.6 is 24.0 Å². The largest absolute Gasteiger partial charge is 0.378 e. The maximum Gasteiger partial charge on any atom is 0.222 e. The molecule has 0 aromatic heterocycles. The number of benzene rings is 1. The van der Waals surface area contributed by atoms with Crippen LogP contribution in [0, 0.1) is 5.82 Å². The third-order valence-corrected chi connectivity index (χ3v) is 3.54. The number of carbonyl (C=O) groups excluding carboxylic acids is 1. The third-order valence-electron chi connectivity index (χ3n) is 3.25. The summed E-state index contributed by atoms with van der Waals surface area (Å²) >= 11 is 5.74. The normalized spacial score (nSPS) is 19.5. The molecule has 1 heterocycles. The van der Waals surface area contributed by atoms with Crippen molar-refractivity contribution >= 4 is 29.9 Å². The smallest absolute Gasteiger partial charge is 0.222 e. The van der Waals surface area contributed by atoms with Gasteiger partial charge in [-0.25, -0.2) is 4.39 Å². The highest BCUT2D eigenvalue weighted by Gasteiger charge is 2.18. The van der Waals surface area contributed by atoms with E-state index in [0.717, 1.165) is 12.1 Å². The van der Waals surface area contributed by atoms with Gasteiger partial charge in [0.05, 0.1) is 24.3 Å². The van der Waals surface area contributed by atoms with Gasteiger partial charge < -0.3 is 15.4 Å². The van der Waals surface area contributed by atoms with Crippen molar-refractivity contribution in [1.82, 2.24) is 10.6 Å². The quantitative estimate of drug-likeness (QED) is 0.887. The van der Waals surface area contributed by atoms with Gasteiger partial charge in [-0.2, -0.15) is 0 Å². The Morgan fingerprint density at radius 3 is 3.00 bits per heavy atom. The fraction of sp³-hybridized carbons (Fsp3) is 0.500. The van der Waals surface area contributed by atoms with Gasteiger partial charge in [0.15, 0.2) is 0 Å². The average Bonchev–Trinajstić information content (AvgIpc) is 2.42. The fourth-order valence-corrected chi connectivity index (χ4v) is 2.33. The number of nitrogens with one attached hydrogen (secondary N) is 2. The van der Waals surface area contributed by atoms with Crippen LogP contribution in [0.25, 0.3) is 0 Å². The molecular formula is C14H19Cl2FN2O2. The number of ether oxygens (including phenoxy) is 1. The van der Waals surface area contributed by atoms with E-state index in [1.54, 1.807) is 6.07 Å². The highest BCUT2D eigenvalue weighted by molar-refractivity contribution is 6.30. The van der Waals surface area contributed by atoms with Crippen LogP contribution in [0.3, 0.4) is 0 Å². The molecule has 4 nitrogen and oxygen atoms in total. The van der Waals surface area contributed by atoms with Crippen LogP contribution in [0.5, 0.6) is 0 Å². The summed E-state index contributed by atoms with van der Waals surface area (Å²) in [5.74, 6) is -0.529. The van der Waals surface area contributed by atoms with Crippen molar-refractivity contribution < 1.29 is 13.9 Å². The number of carbonyl (C=O) groups is 1. The van der Waals surface area contributed by atoms with E-state index in [1.807, 2.05) is 6.92 Å². The second kappa shape index (κ2) is 8.54. The van der Waals surface area contributed by atoms with Crippen LogP contribution in [0.15, 0.2) is 18.2 Å². The average molecular weight is 337 g/mol. The molecule has 2 N–H and O–H groups in total. The second-order valence-electron chi connectivity index (χ2n) is 4.89. The molecule has 2 rings (SSSR count). The summed E-state index contributed by atoms with van der Waals surface area (Å²) in [5, 5.41) is 6.16. The lowest BCUT2D eigenvalue weighted by Crippen LogP contribution is -2.44. The maximum absolute atomic E-state index is 13.1. The molecule has 0 bridgehead atoms.